The molecule has 1 atom stereocenters. The maximum absolute atomic E-state index is 12.4. The second kappa shape index (κ2) is 7.54. The van der Waals surface area contributed by atoms with Gasteiger partial charge in [0.15, 0.2) is 0 Å². The first kappa shape index (κ1) is 17.6. The molecule has 1 unspecified atom stereocenters. The Labute approximate surface area is 140 Å². The topological polar surface area (TPSA) is 46.2 Å². The minimum Gasteiger partial charge on any atom is -0.208 e. The fourth-order valence-corrected chi connectivity index (χ4v) is 5.18. The van der Waals surface area contributed by atoms with Crippen LogP contribution in [0.1, 0.15) is 25.3 Å². The third-order valence-corrected chi connectivity index (χ3v) is 6.57. The average Bonchev–Trinajstić information content (AvgIpc) is 2.32. The van der Waals surface area contributed by atoms with Crippen molar-refractivity contribution in [1.29, 1.82) is 0 Å². The van der Waals surface area contributed by atoms with Crippen LogP contribution in [0.5, 0.6) is 0 Å². The molecule has 0 aliphatic carbocycles. The van der Waals surface area contributed by atoms with E-state index in [-0.39, 0.29) is 10.9 Å². The number of alkyl halides is 1. The van der Waals surface area contributed by atoms with Crippen molar-refractivity contribution in [3.63, 3.8) is 0 Å². The largest absolute Gasteiger partial charge is 0.241 e. The lowest BCUT2D eigenvalue weighted by Crippen LogP contribution is -2.34. The predicted molar refractivity (Wildman–Crippen MR) is 89.4 cm³/mol. The Kier molecular flexibility index (Phi) is 6.99. The molecule has 1 aromatic carbocycles. The Bertz CT molecular complexity index is 546. The van der Waals surface area contributed by atoms with E-state index in [1.54, 1.807) is 12.1 Å². The maximum Gasteiger partial charge on any atom is 0.241 e. The Balaban J connectivity index is 3.10. The van der Waals surface area contributed by atoms with Gasteiger partial charge in [0.1, 0.15) is 0 Å². The molecule has 19 heavy (non-hydrogen) atoms. The zero-order valence-corrected chi connectivity index (χ0v) is 16.3. The van der Waals surface area contributed by atoms with Gasteiger partial charge in [0, 0.05) is 20.3 Å². The van der Waals surface area contributed by atoms with Crippen LogP contribution in [0.3, 0.4) is 0 Å². The van der Waals surface area contributed by atoms with Crippen LogP contribution in [0, 0.1) is 6.92 Å². The van der Waals surface area contributed by atoms with Crippen LogP contribution in [0.2, 0.25) is 0 Å². The third-order valence-electron chi connectivity index (χ3n) is 2.77. The highest BCUT2D eigenvalue weighted by molar-refractivity contribution is 9.11. The van der Waals surface area contributed by atoms with E-state index in [1.165, 1.54) is 0 Å². The van der Waals surface area contributed by atoms with Crippen molar-refractivity contribution in [3.05, 3.63) is 26.6 Å². The van der Waals surface area contributed by atoms with Gasteiger partial charge in [0.2, 0.25) is 10.0 Å². The minimum absolute atomic E-state index is 0.0589. The Morgan fingerprint density at radius 3 is 2.42 bits per heavy atom. The summed E-state index contributed by atoms with van der Waals surface area (Å²) in [5.74, 6) is 0. The van der Waals surface area contributed by atoms with Gasteiger partial charge in [-0.2, -0.15) is 0 Å². The lowest BCUT2D eigenvalue weighted by molar-refractivity contribution is 0.532. The van der Waals surface area contributed by atoms with Gasteiger partial charge < -0.3 is 0 Å². The number of hydrogen-bond acceptors (Lipinski definition) is 2. The molecule has 0 fully saturated rings. The molecule has 1 aromatic rings. The molecule has 0 spiro atoms. The smallest absolute Gasteiger partial charge is 0.208 e. The quantitative estimate of drug-likeness (QED) is 0.619. The second-order valence-corrected chi connectivity index (χ2v) is 8.42. The number of benzene rings is 1. The molecule has 0 aliphatic heterocycles. The van der Waals surface area contributed by atoms with Gasteiger partial charge in [-0.3, -0.25) is 0 Å². The summed E-state index contributed by atoms with van der Waals surface area (Å²) in [7, 11) is -3.51. The van der Waals surface area contributed by atoms with E-state index < -0.39 is 10.0 Å². The molecule has 0 aromatic heterocycles. The van der Waals surface area contributed by atoms with Crippen molar-refractivity contribution in [2.24, 2.45) is 0 Å². The van der Waals surface area contributed by atoms with E-state index in [0.29, 0.717) is 4.47 Å². The van der Waals surface area contributed by atoms with Crippen LogP contribution in [-0.2, 0) is 10.0 Å². The van der Waals surface area contributed by atoms with Gasteiger partial charge in [-0.05, 0) is 53.4 Å². The molecule has 108 valence electrons. The first-order valence-corrected chi connectivity index (χ1v) is 10.0. The fourth-order valence-electron chi connectivity index (χ4n) is 1.59. The van der Waals surface area contributed by atoms with Gasteiger partial charge in [0.25, 0.3) is 0 Å². The number of nitrogens with one attached hydrogen (secondary N) is 1. The van der Waals surface area contributed by atoms with E-state index in [4.69, 9.17) is 0 Å². The third kappa shape index (κ3) is 4.81. The first-order valence-electron chi connectivity index (χ1n) is 5.85. The molecule has 0 saturated heterocycles. The van der Waals surface area contributed by atoms with Crippen molar-refractivity contribution in [1.82, 2.24) is 4.72 Å². The summed E-state index contributed by atoms with van der Waals surface area (Å²) in [5, 5.41) is 0.771. The number of aryl methyl sites for hydroxylation is 1. The van der Waals surface area contributed by atoms with Gasteiger partial charge in [-0.15, -0.1) is 0 Å². The van der Waals surface area contributed by atoms with Crippen LogP contribution in [0.25, 0.3) is 0 Å². The minimum atomic E-state index is -3.51. The summed E-state index contributed by atoms with van der Waals surface area (Å²) < 4.78 is 28.9. The molecule has 0 bridgehead atoms. The summed E-state index contributed by atoms with van der Waals surface area (Å²) >= 11 is 10.0. The average molecular weight is 478 g/mol. The summed E-state index contributed by atoms with van der Waals surface area (Å²) in [5.41, 5.74) is 0.985. The molecule has 0 saturated carbocycles. The van der Waals surface area contributed by atoms with E-state index >= 15 is 0 Å². The van der Waals surface area contributed by atoms with Gasteiger partial charge in [0.05, 0.1) is 4.90 Å². The van der Waals surface area contributed by atoms with Crippen molar-refractivity contribution in [2.45, 2.75) is 37.6 Å². The van der Waals surface area contributed by atoms with E-state index in [2.05, 4.69) is 52.5 Å². The standard InChI is InChI=1S/C12H16Br3NO2S/c1-3-9(4-5-13)16-19(17,18)12-7-10(14)8(2)6-11(12)15/h6-7,9,16H,3-5H2,1-2H3. The van der Waals surface area contributed by atoms with Crippen molar-refractivity contribution >= 4 is 57.8 Å². The molecular formula is C12H16Br3NO2S. The molecular weight excluding hydrogens is 462 g/mol. The van der Waals surface area contributed by atoms with Gasteiger partial charge in [-0.1, -0.05) is 38.8 Å². The van der Waals surface area contributed by atoms with Crippen molar-refractivity contribution in [2.75, 3.05) is 5.33 Å². The summed E-state index contributed by atoms with van der Waals surface area (Å²) in [6.07, 6.45) is 1.52. The zero-order valence-electron chi connectivity index (χ0n) is 10.7. The van der Waals surface area contributed by atoms with E-state index in [9.17, 15) is 8.42 Å². The molecule has 0 heterocycles. The molecule has 1 N–H and O–H groups in total. The first-order chi connectivity index (χ1) is 8.81. The van der Waals surface area contributed by atoms with Crippen LogP contribution >= 0.6 is 47.8 Å². The molecule has 7 heteroatoms. The normalized spacial score (nSPS) is 13.5. The fraction of sp³-hybridized carbons (Fsp3) is 0.500. The van der Waals surface area contributed by atoms with Crippen LogP contribution in [0.15, 0.2) is 26.0 Å². The van der Waals surface area contributed by atoms with Crippen LogP contribution in [0.4, 0.5) is 0 Å². The maximum atomic E-state index is 12.4. The highest BCUT2D eigenvalue weighted by Crippen LogP contribution is 2.29. The highest BCUT2D eigenvalue weighted by Gasteiger charge is 2.22. The Morgan fingerprint density at radius 1 is 1.26 bits per heavy atom. The Hall–Kier alpha value is 0.570. The number of halogens is 3. The molecule has 0 amide bonds. The van der Waals surface area contributed by atoms with Crippen molar-refractivity contribution in [3.8, 4) is 0 Å². The molecule has 1 rings (SSSR count). The molecule has 0 radical (unpaired) electrons. The zero-order chi connectivity index (χ0) is 14.6. The lowest BCUT2D eigenvalue weighted by atomic mass is 10.2. The summed E-state index contributed by atoms with van der Waals surface area (Å²) in [6, 6.07) is 3.36. The summed E-state index contributed by atoms with van der Waals surface area (Å²) in [6.45, 7) is 3.88. The number of sulfonamides is 1. The van der Waals surface area contributed by atoms with Gasteiger partial charge >= 0.3 is 0 Å². The monoisotopic (exact) mass is 475 g/mol. The highest BCUT2D eigenvalue weighted by atomic mass is 79.9. The van der Waals surface area contributed by atoms with Crippen LogP contribution in [-0.4, -0.2) is 19.8 Å². The summed E-state index contributed by atoms with van der Waals surface area (Å²) in [4.78, 5) is 0.262. The van der Waals surface area contributed by atoms with Gasteiger partial charge in [-0.25, -0.2) is 13.1 Å². The molecule has 3 nitrogen and oxygen atoms in total. The lowest BCUT2D eigenvalue weighted by Gasteiger charge is -2.17. The number of rotatable bonds is 6. The van der Waals surface area contributed by atoms with E-state index in [0.717, 1.165) is 28.2 Å². The second-order valence-electron chi connectivity index (χ2n) is 4.24. The van der Waals surface area contributed by atoms with Crippen LogP contribution < -0.4 is 4.72 Å². The molecule has 0 aliphatic rings. The van der Waals surface area contributed by atoms with Crippen molar-refractivity contribution < 1.29 is 8.42 Å². The predicted octanol–water partition coefficient (Wildman–Crippen LogP) is 4.36. The number of hydrogen-bond donors (Lipinski definition) is 1. The Morgan fingerprint density at radius 2 is 1.89 bits per heavy atom. The van der Waals surface area contributed by atoms with E-state index in [1.807, 2.05) is 13.8 Å². The SMILES string of the molecule is CCC(CCBr)NS(=O)(=O)c1cc(Br)c(C)cc1Br.